The van der Waals surface area contributed by atoms with Crippen LogP contribution in [0, 0.1) is 6.92 Å². The number of hydrogen-bond acceptors (Lipinski definition) is 10. The smallest absolute Gasteiger partial charge is 0.295 e. The molecule has 0 aromatic carbocycles. The van der Waals surface area contributed by atoms with Gasteiger partial charge < -0.3 is 15.6 Å². The van der Waals surface area contributed by atoms with E-state index in [1.165, 1.54) is 0 Å². The number of nitrogens with two attached hydrogens (primary N) is 1. The first kappa shape index (κ1) is 25.0. The molecule has 1 unspecified atom stereocenters. The van der Waals surface area contributed by atoms with Gasteiger partial charge in [0.2, 0.25) is 5.95 Å². The Hall–Kier alpha value is -3.64. The van der Waals surface area contributed by atoms with Gasteiger partial charge in [-0.2, -0.15) is 0 Å². The molecule has 192 valence electrons. The van der Waals surface area contributed by atoms with Crippen LogP contribution in [-0.2, 0) is 17.7 Å². The molecule has 1 aliphatic rings. The maximum Gasteiger partial charge on any atom is 0.295 e. The highest BCUT2D eigenvalue weighted by Gasteiger charge is 2.31. The molecule has 4 aromatic heterocycles. The van der Waals surface area contributed by atoms with Crippen LogP contribution >= 0.6 is 0 Å². The minimum absolute atomic E-state index is 0.120. The molecule has 1 fully saturated rings. The highest BCUT2D eigenvalue weighted by Crippen LogP contribution is 2.43. The SMILES string of the molecule is CC[C@@H](C)n1c(=O)c(NCc2ccc([S+](C)[O-])cn2)nc2cnc(-c3c(C)nc(N)nc3C3CC3)nc21. The second-order valence-corrected chi connectivity index (χ2v) is 10.7. The van der Waals surface area contributed by atoms with Crippen LogP contribution in [0.4, 0.5) is 11.8 Å². The van der Waals surface area contributed by atoms with Crippen molar-refractivity contribution in [3.05, 3.63) is 52.0 Å². The summed E-state index contributed by atoms with van der Waals surface area (Å²) in [5, 5.41) is 3.11. The van der Waals surface area contributed by atoms with Gasteiger partial charge in [-0.25, -0.2) is 24.9 Å². The molecule has 5 rings (SSSR count). The predicted molar refractivity (Wildman–Crippen MR) is 143 cm³/mol. The summed E-state index contributed by atoms with van der Waals surface area (Å²) in [7, 11) is 0. The number of rotatable bonds is 8. The van der Waals surface area contributed by atoms with Crippen LogP contribution in [0.5, 0.6) is 0 Å². The maximum atomic E-state index is 13.6. The Bertz CT molecular complexity index is 1520. The van der Waals surface area contributed by atoms with E-state index in [1.807, 2.05) is 20.8 Å². The van der Waals surface area contributed by atoms with Gasteiger partial charge in [-0.15, -0.1) is 0 Å². The number of aryl methyl sites for hydroxylation is 1. The molecule has 0 bridgehead atoms. The monoisotopic (exact) mass is 519 g/mol. The lowest BCUT2D eigenvalue weighted by Gasteiger charge is -2.18. The predicted octanol–water partition coefficient (Wildman–Crippen LogP) is 3.13. The number of anilines is 2. The van der Waals surface area contributed by atoms with Gasteiger partial charge >= 0.3 is 0 Å². The summed E-state index contributed by atoms with van der Waals surface area (Å²) in [6.45, 7) is 6.16. The van der Waals surface area contributed by atoms with E-state index in [0.29, 0.717) is 39.2 Å². The fraction of sp³-hybridized carbons (Fsp3) is 0.400. The average Bonchev–Trinajstić information content (AvgIpc) is 3.72. The summed E-state index contributed by atoms with van der Waals surface area (Å²) in [5.74, 6) is 1.22. The van der Waals surface area contributed by atoms with Crippen molar-refractivity contribution in [3.8, 4) is 11.4 Å². The third-order valence-corrected chi connectivity index (χ3v) is 7.46. The Morgan fingerprint density at radius 3 is 2.62 bits per heavy atom. The lowest BCUT2D eigenvalue weighted by molar-refractivity contribution is 0.526. The Labute approximate surface area is 217 Å². The van der Waals surface area contributed by atoms with E-state index in [4.69, 9.17) is 10.7 Å². The van der Waals surface area contributed by atoms with E-state index in [0.717, 1.165) is 30.5 Å². The summed E-state index contributed by atoms with van der Waals surface area (Å²) in [4.78, 5) is 41.4. The molecule has 0 radical (unpaired) electrons. The van der Waals surface area contributed by atoms with Crippen LogP contribution < -0.4 is 16.6 Å². The first-order valence-electron chi connectivity index (χ1n) is 12.2. The largest absolute Gasteiger partial charge is 0.612 e. The molecule has 4 aromatic rings. The minimum Gasteiger partial charge on any atom is -0.612 e. The molecule has 4 heterocycles. The number of hydrogen-bond donors (Lipinski definition) is 2. The van der Waals surface area contributed by atoms with Crippen molar-refractivity contribution < 1.29 is 4.55 Å². The molecule has 2 atom stereocenters. The average molecular weight is 520 g/mol. The first-order valence-corrected chi connectivity index (χ1v) is 13.8. The molecule has 0 spiro atoms. The molecule has 3 N–H and O–H groups in total. The Morgan fingerprint density at radius 2 is 1.97 bits per heavy atom. The third-order valence-electron chi connectivity index (χ3n) is 6.55. The van der Waals surface area contributed by atoms with E-state index >= 15 is 0 Å². The van der Waals surface area contributed by atoms with Crippen LogP contribution in [0.25, 0.3) is 22.6 Å². The zero-order valence-corrected chi connectivity index (χ0v) is 22.0. The number of nitrogens with one attached hydrogen (secondary N) is 1. The lowest BCUT2D eigenvalue weighted by atomic mass is 10.1. The standard InChI is InChI=1S/C25H29N9O2S/c1-5-13(2)34-23-18(31-22(24(34)35)28-10-16-8-9-17(11-27-16)37(4)36)12-29-21(33-23)19-14(3)30-25(26)32-20(19)15-6-7-15/h8-9,11-13,15H,5-7,10H2,1-4H3,(H,28,31)(H2,26,30,32)/t13-,37?/m1/s1. The molecule has 0 amide bonds. The summed E-state index contributed by atoms with van der Waals surface area (Å²) >= 11 is -1.10. The van der Waals surface area contributed by atoms with E-state index in [9.17, 15) is 9.35 Å². The Morgan fingerprint density at radius 1 is 1.19 bits per heavy atom. The minimum atomic E-state index is -1.10. The first-order chi connectivity index (χ1) is 17.8. The van der Waals surface area contributed by atoms with E-state index in [2.05, 4.69) is 30.2 Å². The number of nitrogens with zero attached hydrogens (tertiary/aromatic N) is 7. The molecule has 11 nitrogen and oxygen atoms in total. The van der Waals surface area contributed by atoms with Crippen molar-refractivity contribution in [3.63, 3.8) is 0 Å². The fourth-order valence-electron chi connectivity index (χ4n) is 4.23. The zero-order chi connectivity index (χ0) is 26.3. The molecular formula is C25H29N9O2S. The van der Waals surface area contributed by atoms with Crippen LogP contribution in [0.2, 0.25) is 0 Å². The van der Waals surface area contributed by atoms with Crippen LogP contribution in [0.1, 0.15) is 62.2 Å². The van der Waals surface area contributed by atoms with Crippen molar-refractivity contribution >= 4 is 34.1 Å². The van der Waals surface area contributed by atoms with Crippen molar-refractivity contribution in [1.82, 2.24) is 34.5 Å². The summed E-state index contributed by atoms with van der Waals surface area (Å²) in [6.07, 6.45) is 7.63. The highest BCUT2D eigenvalue weighted by atomic mass is 32.2. The van der Waals surface area contributed by atoms with Gasteiger partial charge in [-0.3, -0.25) is 14.3 Å². The summed E-state index contributed by atoms with van der Waals surface area (Å²) in [6, 6.07) is 3.42. The van der Waals surface area contributed by atoms with Crippen molar-refractivity contribution in [2.45, 2.75) is 63.4 Å². The van der Waals surface area contributed by atoms with Crippen molar-refractivity contribution in [2.24, 2.45) is 0 Å². The number of pyridine rings is 1. The molecular weight excluding hydrogens is 490 g/mol. The van der Waals surface area contributed by atoms with Gasteiger partial charge in [-0.1, -0.05) is 6.92 Å². The van der Waals surface area contributed by atoms with Gasteiger partial charge in [0, 0.05) is 12.0 Å². The van der Waals surface area contributed by atoms with Crippen LogP contribution in [-0.4, -0.2) is 45.3 Å². The van der Waals surface area contributed by atoms with Crippen molar-refractivity contribution in [1.29, 1.82) is 0 Å². The number of nitrogen functional groups attached to an aromatic ring is 1. The second kappa shape index (κ2) is 10.0. The topological polar surface area (TPSA) is 160 Å². The van der Waals surface area contributed by atoms with Gasteiger partial charge in [0.05, 0.1) is 41.6 Å². The lowest BCUT2D eigenvalue weighted by Crippen LogP contribution is -2.28. The normalized spacial score (nSPS) is 15.1. The summed E-state index contributed by atoms with van der Waals surface area (Å²) in [5.41, 5.74) is 9.65. The molecule has 1 saturated carbocycles. The van der Waals surface area contributed by atoms with Crippen LogP contribution in [0.3, 0.4) is 0 Å². The molecule has 37 heavy (non-hydrogen) atoms. The quantitative estimate of drug-likeness (QED) is 0.331. The van der Waals surface area contributed by atoms with Gasteiger partial charge in [0.15, 0.2) is 22.2 Å². The maximum absolute atomic E-state index is 13.6. The third kappa shape index (κ3) is 4.98. The van der Waals surface area contributed by atoms with Crippen molar-refractivity contribution in [2.75, 3.05) is 17.3 Å². The van der Waals surface area contributed by atoms with E-state index in [1.54, 1.807) is 35.3 Å². The number of aromatic nitrogens is 7. The van der Waals surface area contributed by atoms with Crippen LogP contribution in [0.15, 0.2) is 34.2 Å². The molecule has 0 aliphatic heterocycles. The molecule has 0 saturated heterocycles. The molecule has 12 heteroatoms. The second-order valence-electron chi connectivity index (χ2n) is 9.29. The highest BCUT2D eigenvalue weighted by molar-refractivity contribution is 7.90. The summed E-state index contributed by atoms with van der Waals surface area (Å²) < 4.78 is 13.3. The Kier molecular flexibility index (Phi) is 6.78. The van der Waals surface area contributed by atoms with Gasteiger partial charge in [-0.05, 0) is 56.4 Å². The number of fused-ring (bicyclic) bond motifs is 1. The fourth-order valence-corrected chi connectivity index (χ4v) is 4.69. The van der Waals surface area contributed by atoms with E-state index in [-0.39, 0.29) is 29.9 Å². The Balaban J connectivity index is 1.56. The van der Waals surface area contributed by atoms with E-state index < -0.39 is 11.2 Å². The van der Waals surface area contributed by atoms with Gasteiger partial charge in [0.1, 0.15) is 11.8 Å². The van der Waals surface area contributed by atoms with Gasteiger partial charge in [0.25, 0.3) is 5.56 Å². The molecule has 1 aliphatic carbocycles. The zero-order valence-electron chi connectivity index (χ0n) is 21.2.